The predicted octanol–water partition coefficient (Wildman–Crippen LogP) is 2.68. The Balaban J connectivity index is 2.24. The van der Waals surface area contributed by atoms with E-state index in [1.54, 1.807) is 45.0 Å². The van der Waals surface area contributed by atoms with Gasteiger partial charge in [-0.2, -0.15) is 0 Å². The molecular formula is C19H26N2O6. The number of hydrogen-bond acceptors (Lipinski definition) is 6. The molecule has 0 saturated heterocycles. The molecule has 2 N–H and O–H groups in total. The molecule has 0 fully saturated rings. The molecule has 0 atom stereocenters. The van der Waals surface area contributed by atoms with E-state index >= 15 is 0 Å². The van der Waals surface area contributed by atoms with Crippen molar-refractivity contribution >= 4 is 29.4 Å². The molecule has 0 spiro atoms. The minimum Gasteiger partial charge on any atom is -0.456 e. The number of benzene rings is 1. The summed E-state index contributed by atoms with van der Waals surface area (Å²) in [7, 11) is 0. The van der Waals surface area contributed by atoms with Crippen LogP contribution in [0.15, 0.2) is 24.3 Å². The Kier molecular flexibility index (Phi) is 8.44. The summed E-state index contributed by atoms with van der Waals surface area (Å²) in [5.41, 5.74) is 0.341. The molecule has 0 aromatic heterocycles. The number of hydrogen-bond donors (Lipinski definition) is 2. The Morgan fingerprint density at radius 1 is 1.11 bits per heavy atom. The first-order valence-electron chi connectivity index (χ1n) is 8.60. The van der Waals surface area contributed by atoms with Gasteiger partial charge in [-0.05, 0) is 46.2 Å². The molecule has 0 aliphatic rings. The standard InChI is InChI=1S/C19H26N2O6/c1-13(22)14-7-5-8-15(11-14)21-16(23)12-26-17(24)9-6-10-20-18(25)27-19(2,3)4/h5,7-8,11H,6,9-10,12H2,1-4H3,(H,20,25)(H,21,23). The summed E-state index contributed by atoms with van der Waals surface area (Å²) in [6.45, 7) is 6.53. The second kappa shape index (κ2) is 10.3. The summed E-state index contributed by atoms with van der Waals surface area (Å²) in [5, 5.41) is 5.09. The molecule has 2 amide bonds. The average Bonchev–Trinajstić information content (AvgIpc) is 2.55. The van der Waals surface area contributed by atoms with Gasteiger partial charge in [0.2, 0.25) is 0 Å². The van der Waals surface area contributed by atoms with Crippen molar-refractivity contribution in [1.29, 1.82) is 0 Å². The summed E-state index contributed by atoms with van der Waals surface area (Å²) < 4.78 is 9.94. The van der Waals surface area contributed by atoms with Gasteiger partial charge >= 0.3 is 12.1 Å². The van der Waals surface area contributed by atoms with E-state index < -0.39 is 30.2 Å². The molecular weight excluding hydrogens is 352 g/mol. The van der Waals surface area contributed by atoms with Crippen LogP contribution < -0.4 is 10.6 Å². The summed E-state index contributed by atoms with van der Waals surface area (Å²) in [6, 6.07) is 6.47. The van der Waals surface area contributed by atoms with Crippen LogP contribution in [0.25, 0.3) is 0 Å². The highest BCUT2D eigenvalue weighted by molar-refractivity contribution is 5.97. The third-order valence-corrected chi connectivity index (χ3v) is 3.14. The van der Waals surface area contributed by atoms with Crippen LogP contribution in [0.2, 0.25) is 0 Å². The number of esters is 1. The van der Waals surface area contributed by atoms with E-state index in [4.69, 9.17) is 9.47 Å². The topological polar surface area (TPSA) is 111 Å². The summed E-state index contributed by atoms with van der Waals surface area (Å²) in [4.78, 5) is 46.2. The van der Waals surface area contributed by atoms with Crippen LogP contribution in [0.1, 0.15) is 50.9 Å². The molecule has 8 nitrogen and oxygen atoms in total. The van der Waals surface area contributed by atoms with E-state index in [0.717, 1.165) is 0 Å². The molecule has 0 bridgehead atoms. The second-order valence-electron chi connectivity index (χ2n) is 6.88. The lowest BCUT2D eigenvalue weighted by molar-refractivity contribution is -0.147. The van der Waals surface area contributed by atoms with Gasteiger partial charge in [0.15, 0.2) is 12.4 Å². The average molecular weight is 378 g/mol. The van der Waals surface area contributed by atoms with Crippen molar-refractivity contribution in [2.45, 2.75) is 46.1 Å². The number of ether oxygens (including phenoxy) is 2. The van der Waals surface area contributed by atoms with Gasteiger partial charge in [-0.15, -0.1) is 0 Å². The van der Waals surface area contributed by atoms with Crippen LogP contribution in [0.5, 0.6) is 0 Å². The van der Waals surface area contributed by atoms with Crippen molar-refractivity contribution in [1.82, 2.24) is 5.32 Å². The van der Waals surface area contributed by atoms with Crippen LogP contribution >= 0.6 is 0 Å². The van der Waals surface area contributed by atoms with Crippen molar-refractivity contribution in [3.63, 3.8) is 0 Å². The van der Waals surface area contributed by atoms with Crippen LogP contribution in [0, 0.1) is 0 Å². The van der Waals surface area contributed by atoms with Gasteiger partial charge < -0.3 is 20.1 Å². The van der Waals surface area contributed by atoms with E-state index in [1.165, 1.54) is 6.92 Å². The molecule has 0 aliphatic carbocycles. The molecule has 8 heteroatoms. The van der Waals surface area contributed by atoms with Crippen LogP contribution in [-0.4, -0.2) is 42.5 Å². The highest BCUT2D eigenvalue weighted by Crippen LogP contribution is 2.11. The zero-order valence-electron chi connectivity index (χ0n) is 16.1. The number of nitrogens with one attached hydrogen (secondary N) is 2. The molecule has 1 rings (SSSR count). The third kappa shape index (κ3) is 9.98. The van der Waals surface area contributed by atoms with Crippen molar-refractivity contribution < 1.29 is 28.7 Å². The summed E-state index contributed by atoms with van der Waals surface area (Å²) >= 11 is 0. The maximum atomic E-state index is 11.8. The number of ketones is 1. The quantitative estimate of drug-likeness (QED) is 0.409. The Morgan fingerprint density at radius 3 is 2.44 bits per heavy atom. The van der Waals surface area contributed by atoms with Crippen molar-refractivity contribution in [3.05, 3.63) is 29.8 Å². The van der Waals surface area contributed by atoms with Gasteiger partial charge in [0.25, 0.3) is 5.91 Å². The monoisotopic (exact) mass is 378 g/mol. The first-order valence-corrected chi connectivity index (χ1v) is 8.60. The number of Topliss-reactive ketones (excluding diaryl/α,β-unsaturated/α-hetero) is 1. The van der Waals surface area contributed by atoms with Crippen molar-refractivity contribution in [3.8, 4) is 0 Å². The van der Waals surface area contributed by atoms with E-state index in [0.29, 0.717) is 17.7 Å². The number of anilines is 1. The molecule has 27 heavy (non-hydrogen) atoms. The van der Waals surface area contributed by atoms with Crippen molar-refractivity contribution in [2.24, 2.45) is 0 Å². The number of amides is 2. The maximum absolute atomic E-state index is 11.8. The van der Waals surface area contributed by atoms with Gasteiger partial charge in [0, 0.05) is 24.2 Å². The van der Waals surface area contributed by atoms with Gasteiger partial charge in [0.1, 0.15) is 5.60 Å². The molecule has 1 aromatic rings. The lowest BCUT2D eigenvalue weighted by Crippen LogP contribution is -2.33. The van der Waals surface area contributed by atoms with Gasteiger partial charge in [-0.1, -0.05) is 12.1 Å². The van der Waals surface area contributed by atoms with E-state index in [-0.39, 0.29) is 18.7 Å². The first kappa shape index (κ1) is 22.1. The highest BCUT2D eigenvalue weighted by atomic mass is 16.6. The molecule has 148 valence electrons. The number of alkyl carbamates (subject to hydrolysis) is 1. The molecule has 0 saturated carbocycles. The SMILES string of the molecule is CC(=O)c1cccc(NC(=O)COC(=O)CCCNC(=O)OC(C)(C)C)c1. The third-order valence-electron chi connectivity index (χ3n) is 3.14. The van der Waals surface area contributed by atoms with E-state index in [9.17, 15) is 19.2 Å². The normalized spacial score (nSPS) is 10.7. The fourth-order valence-electron chi connectivity index (χ4n) is 1.97. The number of carbonyl (C=O) groups is 4. The van der Waals surface area contributed by atoms with E-state index in [1.807, 2.05) is 0 Å². The second-order valence-corrected chi connectivity index (χ2v) is 6.88. The van der Waals surface area contributed by atoms with Crippen LogP contribution in [-0.2, 0) is 19.1 Å². The zero-order chi connectivity index (χ0) is 20.4. The smallest absolute Gasteiger partial charge is 0.407 e. The van der Waals surface area contributed by atoms with Crippen LogP contribution in [0.3, 0.4) is 0 Å². The minimum atomic E-state index is -0.583. The van der Waals surface area contributed by atoms with E-state index in [2.05, 4.69) is 10.6 Å². The lowest BCUT2D eigenvalue weighted by Gasteiger charge is -2.19. The molecule has 0 unspecified atom stereocenters. The molecule has 1 aromatic carbocycles. The number of rotatable bonds is 8. The van der Waals surface area contributed by atoms with Gasteiger partial charge in [0.05, 0.1) is 0 Å². The van der Waals surface area contributed by atoms with Crippen LogP contribution in [0.4, 0.5) is 10.5 Å². The fraction of sp³-hybridized carbons (Fsp3) is 0.474. The Hall–Kier alpha value is -2.90. The molecule has 0 radical (unpaired) electrons. The lowest BCUT2D eigenvalue weighted by atomic mass is 10.1. The summed E-state index contributed by atoms with van der Waals surface area (Å²) in [6.07, 6.45) is -0.133. The first-order chi connectivity index (χ1) is 12.6. The Morgan fingerprint density at radius 2 is 1.81 bits per heavy atom. The predicted molar refractivity (Wildman–Crippen MR) is 99.5 cm³/mol. The van der Waals surface area contributed by atoms with Gasteiger partial charge in [-0.25, -0.2) is 4.79 Å². The maximum Gasteiger partial charge on any atom is 0.407 e. The Labute approximate surface area is 158 Å². The fourth-order valence-corrected chi connectivity index (χ4v) is 1.97. The minimum absolute atomic E-state index is 0.0584. The summed E-state index contributed by atoms with van der Waals surface area (Å²) in [5.74, 6) is -1.16. The highest BCUT2D eigenvalue weighted by Gasteiger charge is 2.15. The van der Waals surface area contributed by atoms with Crippen molar-refractivity contribution in [2.75, 3.05) is 18.5 Å². The molecule has 0 aliphatic heterocycles. The molecule has 0 heterocycles. The van der Waals surface area contributed by atoms with Gasteiger partial charge in [-0.3, -0.25) is 14.4 Å². The number of carbonyl (C=O) groups excluding carboxylic acids is 4. The largest absolute Gasteiger partial charge is 0.456 e. The Bertz CT molecular complexity index is 694. The zero-order valence-corrected chi connectivity index (χ0v) is 16.1.